The molecule has 0 aliphatic carbocycles. The molecule has 2 N–H and O–H groups in total. The zero-order valence-corrected chi connectivity index (χ0v) is 13.8. The van der Waals surface area contributed by atoms with Crippen LogP contribution in [-0.2, 0) is 13.5 Å². The maximum atomic E-state index is 12.1. The third-order valence-electron chi connectivity index (χ3n) is 4.44. The Kier molecular flexibility index (Phi) is 4.40. The van der Waals surface area contributed by atoms with Gasteiger partial charge in [-0.3, -0.25) is 9.59 Å². The number of carbonyl (C=O) groups excluding carboxylic acids is 1. The predicted molar refractivity (Wildman–Crippen MR) is 92.4 cm³/mol. The molecule has 0 radical (unpaired) electrons. The van der Waals surface area contributed by atoms with Crippen molar-refractivity contribution in [2.45, 2.75) is 12.5 Å². The van der Waals surface area contributed by atoms with E-state index in [2.05, 4.69) is 10.2 Å². The molecule has 0 fully saturated rings. The molecule has 0 bridgehead atoms. The van der Waals surface area contributed by atoms with E-state index in [9.17, 15) is 14.7 Å². The maximum absolute atomic E-state index is 12.1. The minimum Gasteiger partial charge on any atom is -0.387 e. The molecule has 1 amide bonds. The number of aromatic nitrogens is 1. The van der Waals surface area contributed by atoms with Gasteiger partial charge in [-0.2, -0.15) is 0 Å². The van der Waals surface area contributed by atoms with E-state index in [-0.39, 0.29) is 17.7 Å². The van der Waals surface area contributed by atoms with Crippen LogP contribution in [0.25, 0.3) is 0 Å². The van der Waals surface area contributed by atoms with E-state index in [4.69, 9.17) is 0 Å². The molecule has 6 nitrogen and oxygen atoms in total. The Morgan fingerprint density at radius 3 is 2.92 bits per heavy atom. The van der Waals surface area contributed by atoms with Crippen LogP contribution < -0.4 is 15.8 Å². The molecule has 24 heavy (non-hydrogen) atoms. The van der Waals surface area contributed by atoms with Crippen molar-refractivity contribution < 1.29 is 9.90 Å². The first-order chi connectivity index (χ1) is 11.5. The Morgan fingerprint density at radius 2 is 2.12 bits per heavy atom. The molecule has 2 aromatic rings. The number of rotatable bonds is 4. The second-order valence-electron chi connectivity index (χ2n) is 6.12. The van der Waals surface area contributed by atoms with E-state index in [0.29, 0.717) is 0 Å². The van der Waals surface area contributed by atoms with E-state index < -0.39 is 12.0 Å². The summed E-state index contributed by atoms with van der Waals surface area (Å²) in [5.74, 6) is -0.476. The minimum atomic E-state index is -0.808. The lowest BCUT2D eigenvalue weighted by Crippen LogP contribution is -2.34. The third kappa shape index (κ3) is 3.05. The molecule has 0 saturated carbocycles. The van der Waals surface area contributed by atoms with E-state index in [0.717, 1.165) is 18.5 Å². The van der Waals surface area contributed by atoms with Gasteiger partial charge in [-0.1, -0.05) is 12.1 Å². The lowest BCUT2D eigenvalue weighted by molar-refractivity contribution is 0.0914. The topological polar surface area (TPSA) is 74.6 Å². The minimum absolute atomic E-state index is 0.0610. The summed E-state index contributed by atoms with van der Waals surface area (Å²) in [6, 6.07) is 8.98. The maximum Gasteiger partial charge on any atom is 0.263 e. The summed E-state index contributed by atoms with van der Waals surface area (Å²) >= 11 is 0. The lowest BCUT2D eigenvalue weighted by Gasteiger charge is -2.15. The van der Waals surface area contributed by atoms with Gasteiger partial charge in [-0.25, -0.2) is 0 Å². The first kappa shape index (κ1) is 16.3. The van der Waals surface area contributed by atoms with E-state index >= 15 is 0 Å². The lowest BCUT2D eigenvalue weighted by atomic mass is 10.0. The fourth-order valence-corrected chi connectivity index (χ4v) is 2.97. The molecular weight excluding hydrogens is 306 g/mol. The molecule has 1 atom stereocenters. The number of carbonyl (C=O) groups is 1. The van der Waals surface area contributed by atoms with Gasteiger partial charge in [0.05, 0.1) is 6.10 Å². The Hall–Kier alpha value is -2.60. The molecular formula is C18H21N3O3. The molecule has 1 unspecified atom stereocenters. The number of nitrogens with one attached hydrogen (secondary N) is 1. The van der Waals surface area contributed by atoms with Gasteiger partial charge >= 0.3 is 0 Å². The summed E-state index contributed by atoms with van der Waals surface area (Å²) in [5.41, 5.74) is 2.87. The number of aliphatic hydroxyl groups excluding tert-OH is 1. The Balaban J connectivity index is 1.67. The van der Waals surface area contributed by atoms with Gasteiger partial charge in [0.25, 0.3) is 11.5 Å². The first-order valence-corrected chi connectivity index (χ1v) is 7.93. The highest BCUT2D eigenvalue weighted by atomic mass is 16.3. The molecule has 2 heterocycles. The standard InChI is InChI=1S/C18H21N3O3/c1-20-9-7-12-10-13(5-6-15(12)20)16(22)11-19-17(23)14-4-3-8-21(2)18(14)24/h3-6,8,10,16,22H,7,9,11H2,1-2H3,(H,19,23). The van der Waals surface area contributed by atoms with Gasteiger partial charge in [-0.15, -0.1) is 0 Å². The smallest absolute Gasteiger partial charge is 0.263 e. The van der Waals surface area contributed by atoms with Gasteiger partial charge in [0.15, 0.2) is 0 Å². The van der Waals surface area contributed by atoms with Crippen LogP contribution in [0.4, 0.5) is 5.69 Å². The first-order valence-electron chi connectivity index (χ1n) is 7.93. The van der Waals surface area contributed by atoms with E-state index in [1.807, 2.05) is 25.2 Å². The number of aliphatic hydroxyl groups is 1. The monoisotopic (exact) mass is 327 g/mol. The number of aryl methyl sites for hydroxylation is 1. The van der Waals surface area contributed by atoms with Crippen LogP contribution in [0.5, 0.6) is 0 Å². The second-order valence-corrected chi connectivity index (χ2v) is 6.12. The van der Waals surface area contributed by atoms with Crippen molar-refractivity contribution in [3.8, 4) is 0 Å². The summed E-state index contributed by atoms with van der Waals surface area (Å²) in [6.07, 6.45) is 1.74. The summed E-state index contributed by atoms with van der Waals surface area (Å²) in [6.45, 7) is 1.04. The van der Waals surface area contributed by atoms with Gasteiger partial charge in [-0.05, 0) is 35.7 Å². The van der Waals surface area contributed by atoms with Crippen LogP contribution in [0.2, 0.25) is 0 Å². The predicted octanol–water partition coefficient (Wildman–Crippen LogP) is 0.841. The van der Waals surface area contributed by atoms with Gasteiger partial charge < -0.3 is 19.9 Å². The van der Waals surface area contributed by atoms with Crippen LogP contribution in [0.15, 0.2) is 41.3 Å². The highest BCUT2D eigenvalue weighted by molar-refractivity contribution is 5.93. The normalized spacial score (nSPS) is 14.4. The van der Waals surface area contributed by atoms with Crippen LogP contribution in [0.3, 0.4) is 0 Å². The summed E-state index contributed by atoms with van der Waals surface area (Å²) in [5, 5.41) is 13.0. The molecule has 1 aromatic carbocycles. The van der Waals surface area contributed by atoms with Crippen LogP contribution >= 0.6 is 0 Å². The Bertz CT molecular complexity index is 828. The number of hydrogen-bond acceptors (Lipinski definition) is 4. The van der Waals surface area contributed by atoms with Crippen molar-refractivity contribution in [1.82, 2.24) is 9.88 Å². The average Bonchev–Trinajstić information content (AvgIpc) is 2.95. The van der Waals surface area contributed by atoms with E-state index in [1.54, 1.807) is 19.3 Å². The van der Waals surface area contributed by atoms with Gasteiger partial charge in [0.1, 0.15) is 5.56 Å². The zero-order valence-electron chi connectivity index (χ0n) is 13.8. The molecule has 126 valence electrons. The number of hydrogen-bond donors (Lipinski definition) is 2. The summed E-state index contributed by atoms with van der Waals surface area (Å²) in [7, 11) is 3.64. The van der Waals surface area contributed by atoms with Gasteiger partial charge in [0, 0.05) is 39.1 Å². The molecule has 1 aliphatic heterocycles. The molecule has 1 aliphatic rings. The van der Waals surface area contributed by atoms with Crippen LogP contribution in [-0.4, -0.2) is 35.7 Å². The number of fused-ring (bicyclic) bond motifs is 1. The number of pyridine rings is 1. The summed E-state index contributed by atoms with van der Waals surface area (Å²) in [4.78, 5) is 26.2. The fourth-order valence-electron chi connectivity index (χ4n) is 2.97. The van der Waals surface area contributed by atoms with Crippen molar-refractivity contribution in [1.29, 1.82) is 0 Å². The summed E-state index contributed by atoms with van der Waals surface area (Å²) < 4.78 is 1.35. The number of benzene rings is 1. The number of amides is 1. The molecule has 3 rings (SSSR count). The molecule has 1 aromatic heterocycles. The number of likely N-dealkylation sites (N-methyl/N-ethyl adjacent to an activating group) is 1. The van der Waals surface area contributed by atoms with Gasteiger partial charge in [0.2, 0.25) is 0 Å². The van der Waals surface area contributed by atoms with Crippen LogP contribution in [0.1, 0.15) is 27.6 Å². The van der Waals surface area contributed by atoms with Crippen LogP contribution in [0, 0.1) is 0 Å². The Morgan fingerprint density at radius 1 is 1.33 bits per heavy atom. The molecule has 0 saturated heterocycles. The van der Waals surface area contributed by atoms with Crippen molar-refractivity contribution in [2.75, 3.05) is 25.0 Å². The zero-order chi connectivity index (χ0) is 17.3. The van der Waals surface area contributed by atoms with Crippen molar-refractivity contribution in [3.05, 3.63) is 63.6 Å². The average molecular weight is 327 g/mol. The largest absolute Gasteiger partial charge is 0.387 e. The third-order valence-corrected chi connectivity index (χ3v) is 4.44. The quantitative estimate of drug-likeness (QED) is 0.873. The Labute approximate surface area is 140 Å². The highest BCUT2D eigenvalue weighted by Gasteiger charge is 2.19. The molecule has 0 spiro atoms. The highest BCUT2D eigenvalue weighted by Crippen LogP contribution is 2.29. The SMILES string of the molecule is CN1CCc2cc(C(O)CNC(=O)c3cccn(C)c3=O)ccc21. The molecule has 6 heteroatoms. The number of nitrogens with zero attached hydrogens (tertiary/aromatic N) is 2. The second kappa shape index (κ2) is 6.49. The fraction of sp³-hybridized carbons (Fsp3) is 0.333. The van der Waals surface area contributed by atoms with E-state index in [1.165, 1.54) is 21.9 Å². The van der Waals surface area contributed by atoms with Crippen molar-refractivity contribution in [2.24, 2.45) is 7.05 Å². The van der Waals surface area contributed by atoms with Crippen molar-refractivity contribution in [3.63, 3.8) is 0 Å². The van der Waals surface area contributed by atoms with Crippen molar-refractivity contribution >= 4 is 11.6 Å². The number of anilines is 1.